The highest BCUT2D eigenvalue weighted by atomic mass is 32.1. The molecule has 0 saturated carbocycles. The van der Waals surface area contributed by atoms with E-state index in [1.54, 1.807) is 16.8 Å². The summed E-state index contributed by atoms with van der Waals surface area (Å²) in [4.78, 5) is 21.6. The van der Waals surface area contributed by atoms with Gasteiger partial charge in [-0.05, 0) is 18.4 Å². The van der Waals surface area contributed by atoms with Gasteiger partial charge in [-0.1, -0.05) is 0 Å². The summed E-state index contributed by atoms with van der Waals surface area (Å²) in [5.74, 6) is -2.63. The third-order valence-corrected chi connectivity index (χ3v) is 2.24. The maximum absolute atomic E-state index is 11.2. The summed E-state index contributed by atoms with van der Waals surface area (Å²) in [6.45, 7) is 1.35. The Morgan fingerprint density at radius 2 is 2.31 bits per heavy atom. The molecule has 0 bridgehead atoms. The normalized spacial score (nSPS) is 12.1. The van der Waals surface area contributed by atoms with Gasteiger partial charge in [-0.3, -0.25) is 9.59 Å². The molecule has 0 aliphatic heterocycles. The van der Waals surface area contributed by atoms with Gasteiger partial charge >= 0.3 is 5.97 Å². The van der Waals surface area contributed by atoms with Gasteiger partial charge in [0, 0.05) is 5.38 Å². The van der Waals surface area contributed by atoms with E-state index in [1.165, 1.54) is 18.3 Å². The van der Waals surface area contributed by atoms with Crippen molar-refractivity contribution >= 4 is 28.9 Å². The highest BCUT2D eigenvalue weighted by Gasteiger charge is 2.20. The molecule has 1 rings (SSSR count). The molecule has 1 unspecified atom stereocenters. The minimum absolute atomic E-state index is 0.495. The van der Waals surface area contributed by atoms with Crippen molar-refractivity contribution < 1.29 is 14.7 Å². The number of hydrogen-bond acceptors (Lipinski definition) is 3. The average Bonchev–Trinajstić information content (AvgIpc) is 2.55. The van der Waals surface area contributed by atoms with Crippen LogP contribution in [-0.4, -0.2) is 17.0 Å². The fourth-order valence-electron chi connectivity index (χ4n) is 0.698. The highest BCUT2D eigenvalue weighted by molar-refractivity contribution is 7.08. The third-order valence-electron chi connectivity index (χ3n) is 1.55. The predicted molar refractivity (Wildman–Crippen MR) is 49.7 cm³/mol. The van der Waals surface area contributed by atoms with Gasteiger partial charge in [-0.15, -0.1) is 0 Å². The average molecular weight is 199 g/mol. The number of carbonyl (C=O) groups is 2. The summed E-state index contributed by atoms with van der Waals surface area (Å²) >= 11 is 1.44. The molecule has 5 heteroatoms. The Morgan fingerprint density at radius 1 is 1.62 bits per heavy atom. The number of carboxylic acids is 1. The molecule has 0 fully saturated rings. The van der Waals surface area contributed by atoms with Crippen LogP contribution in [-0.2, 0) is 9.59 Å². The molecule has 1 aromatic rings. The SMILES string of the molecule is CC(C(=O)O)C(=O)Nc1ccsc1. The van der Waals surface area contributed by atoms with E-state index in [0.717, 1.165) is 0 Å². The Balaban J connectivity index is 2.56. The molecule has 0 aliphatic carbocycles. The van der Waals surface area contributed by atoms with Gasteiger partial charge in [0.15, 0.2) is 0 Å². The van der Waals surface area contributed by atoms with E-state index in [-0.39, 0.29) is 0 Å². The van der Waals surface area contributed by atoms with Gasteiger partial charge in [0.1, 0.15) is 5.92 Å². The molecule has 1 atom stereocenters. The summed E-state index contributed by atoms with van der Waals surface area (Å²) in [6, 6.07) is 1.72. The molecule has 0 spiro atoms. The first-order chi connectivity index (χ1) is 6.11. The van der Waals surface area contributed by atoms with Crippen LogP contribution in [0.5, 0.6) is 0 Å². The summed E-state index contributed by atoms with van der Waals surface area (Å²) < 4.78 is 0. The molecule has 0 saturated heterocycles. The van der Waals surface area contributed by atoms with Crippen molar-refractivity contribution in [3.8, 4) is 0 Å². The first-order valence-electron chi connectivity index (χ1n) is 3.67. The molecular weight excluding hydrogens is 190 g/mol. The van der Waals surface area contributed by atoms with Crippen LogP contribution >= 0.6 is 11.3 Å². The second-order valence-corrected chi connectivity index (χ2v) is 3.34. The lowest BCUT2D eigenvalue weighted by molar-refractivity contribution is -0.144. The second kappa shape index (κ2) is 4.04. The smallest absolute Gasteiger partial charge is 0.315 e. The van der Waals surface area contributed by atoms with E-state index in [2.05, 4.69) is 5.32 Å². The number of carboxylic acid groups (broad SMARTS) is 1. The van der Waals surface area contributed by atoms with Crippen molar-refractivity contribution in [3.05, 3.63) is 16.8 Å². The van der Waals surface area contributed by atoms with Gasteiger partial charge in [0.05, 0.1) is 5.69 Å². The van der Waals surface area contributed by atoms with Crippen molar-refractivity contribution in [1.82, 2.24) is 0 Å². The minimum atomic E-state index is -1.12. The van der Waals surface area contributed by atoms with Crippen LogP contribution in [0.3, 0.4) is 0 Å². The van der Waals surface area contributed by atoms with E-state index in [9.17, 15) is 9.59 Å². The summed E-state index contributed by atoms with van der Waals surface area (Å²) in [6.07, 6.45) is 0. The van der Waals surface area contributed by atoms with Gasteiger partial charge in [0.2, 0.25) is 5.91 Å². The van der Waals surface area contributed by atoms with Crippen molar-refractivity contribution in [1.29, 1.82) is 0 Å². The zero-order valence-electron chi connectivity index (χ0n) is 6.98. The largest absolute Gasteiger partial charge is 0.481 e. The number of aliphatic carboxylic acids is 1. The molecule has 0 aliphatic rings. The van der Waals surface area contributed by atoms with Crippen LogP contribution in [0.1, 0.15) is 6.92 Å². The van der Waals surface area contributed by atoms with Crippen LogP contribution in [0, 0.1) is 5.92 Å². The maximum atomic E-state index is 11.2. The molecule has 0 radical (unpaired) electrons. The van der Waals surface area contributed by atoms with Gasteiger partial charge in [-0.25, -0.2) is 0 Å². The monoisotopic (exact) mass is 199 g/mol. The Kier molecular flexibility index (Phi) is 3.02. The molecule has 1 amide bonds. The first-order valence-corrected chi connectivity index (χ1v) is 4.61. The third kappa shape index (κ3) is 2.55. The molecular formula is C8H9NO3S. The van der Waals surface area contributed by atoms with Crippen LogP contribution < -0.4 is 5.32 Å². The summed E-state index contributed by atoms with van der Waals surface area (Å²) in [5, 5.41) is 14.6. The van der Waals surface area contributed by atoms with Crippen molar-refractivity contribution in [3.63, 3.8) is 0 Å². The second-order valence-electron chi connectivity index (χ2n) is 2.56. The first kappa shape index (κ1) is 9.73. The number of thiophene rings is 1. The summed E-state index contributed by atoms with van der Waals surface area (Å²) in [5.41, 5.74) is 0.642. The van der Waals surface area contributed by atoms with Crippen LogP contribution in [0.4, 0.5) is 5.69 Å². The lowest BCUT2D eigenvalue weighted by atomic mass is 10.2. The van der Waals surface area contributed by atoms with Gasteiger partial charge in [0.25, 0.3) is 0 Å². The lowest BCUT2D eigenvalue weighted by Gasteiger charge is -2.05. The van der Waals surface area contributed by atoms with E-state index in [0.29, 0.717) is 5.69 Å². The van der Waals surface area contributed by atoms with Crippen molar-refractivity contribution in [2.24, 2.45) is 5.92 Å². The number of hydrogen-bond donors (Lipinski definition) is 2. The van der Waals surface area contributed by atoms with E-state index in [1.807, 2.05) is 0 Å². The lowest BCUT2D eigenvalue weighted by Crippen LogP contribution is -2.26. The molecule has 1 aromatic heterocycles. The zero-order chi connectivity index (χ0) is 9.84. The number of rotatable bonds is 3. The molecule has 0 aromatic carbocycles. The Hall–Kier alpha value is -1.36. The number of nitrogens with one attached hydrogen (secondary N) is 1. The van der Waals surface area contributed by atoms with Crippen LogP contribution in [0.2, 0.25) is 0 Å². The van der Waals surface area contributed by atoms with E-state index in [4.69, 9.17) is 5.11 Å². The predicted octanol–water partition coefficient (Wildman–Crippen LogP) is 1.41. The Morgan fingerprint density at radius 3 is 2.77 bits per heavy atom. The van der Waals surface area contributed by atoms with Crippen LogP contribution in [0.15, 0.2) is 16.8 Å². The molecule has 1 heterocycles. The number of amides is 1. The fourth-order valence-corrected chi connectivity index (χ4v) is 1.29. The molecule has 4 nitrogen and oxygen atoms in total. The molecule has 2 N–H and O–H groups in total. The van der Waals surface area contributed by atoms with Crippen molar-refractivity contribution in [2.45, 2.75) is 6.92 Å². The summed E-state index contributed by atoms with van der Waals surface area (Å²) in [7, 11) is 0. The Labute approximate surface area is 79.2 Å². The van der Waals surface area contributed by atoms with Gasteiger partial charge in [-0.2, -0.15) is 11.3 Å². The van der Waals surface area contributed by atoms with E-state index < -0.39 is 17.8 Å². The highest BCUT2D eigenvalue weighted by Crippen LogP contribution is 2.12. The van der Waals surface area contributed by atoms with Gasteiger partial charge < -0.3 is 10.4 Å². The number of carbonyl (C=O) groups excluding carboxylic acids is 1. The topological polar surface area (TPSA) is 66.4 Å². The Bertz CT molecular complexity index is 307. The quantitative estimate of drug-likeness (QED) is 0.723. The minimum Gasteiger partial charge on any atom is -0.481 e. The molecule has 70 valence electrons. The maximum Gasteiger partial charge on any atom is 0.315 e. The number of anilines is 1. The van der Waals surface area contributed by atoms with Crippen LogP contribution in [0.25, 0.3) is 0 Å². The van der Waals surface area contributed by atoms with Crippen molar-refractivity contribution in [2.75, 3.05) is 5.32 Å². The zero-order valence-corrected chi connectivity index (χ0v) is 7.80. The molecule has 13 heavy (non-hydrogen) atoms. The fraction of sp³-hybridized carbons (Fsp3) is 0.250. The standard InChI is InChI=1S/C8H9NO3S/c1-5(8(11)12)7(10)9-6-2-3-13-4-6/h2-5H,1H3,(H,9,10)(H,11,12). The van der Waals surface area contributed by atoms with E-state index >= 15 is 0 Å².